The van der Waals surface area contributed by atoms with Gasteiger partial charge >= 0.3 is 0 Å². The molecule has 0 atom stereocenters. The van der Waals surface area contributed by atoms with Crippen LogP contribution in [0.3, 0.4) is 0 Å². The highest BCUT2D eigenvalue weighted by molar-refractivity contribution is 6.30. The average Bonchev–Trinajstić information content (AvgIpc) is 1.98. The molecule has 0 bridgehead atoms. The SMILES string of the molecule is Cl.NNCc1cc(Cl)ccc1O. The summed E-state index contributed by atoms with van der Waals surface area (Å²) in [6.45, 7) is 0.409. The van der Waals surface area contributed by atoms with Crippen LogP contribution >= 0.6 is 24.0 Å². The number of phenols is 1. The van der Waals surface area contributed by atoms with E-state index in [0.717, 1.165) is 0 Å². The highest BCUT2D eigenvalue weighted by Crippen LogP contribution is 2.20. The normalized spacial score (nSPS) is 9.17. The Morgan fingerprint density at radius 2 is 2.17 bits per heavy atom. The van der Waals surface area contributed by atoms with Crippen molar-refractivity contribution >= 4 is 24.0 Å². The fourth-order valence-corrected chi connectivity index (χ4v) is 1.00. The minimum absolute atomic E-state index is 0. The van der Waals surface area contributed by atoms with Crippen LogP contribution in [-0.2, 0) is 6.54 Å². The van der Waals surface area contributed by atoms with Gasteiger partial charge in [-0.15, -0.1) is 12.4 Å². The number of halogens is 2. The first-order valence-electron chi connectivity index (χ1n) is 3.15. The van der Waals surface area contributed by atoms with E-state index in [2.05, 4.69) is 5.43 Å². The van der Waals surface area contributed by atoms with Crippen LogP contribution in [0.2, 0.25) is 5.02 Å². The Morgan fingerprint density at radius 3 is 2.75 bits per heavy atom. The molecule has 5 heteroatoms. The van der Waals surface area contributed by atoms with Crippen LogP contribution < -0.4 is 11.3 Å². The van der Waals surface area contributed by atoms with Gasteiger partial charge in [-0.1, -0.05) is 11.6 Å². The Balaban J connectivity index is 0.00000121. The highest BCUT2D eigenvalue weighted by Gasteiger charge is 1.99. The standard InChI is InChI=1S/C7H9ClN2O.ClH/c8-6-1-2-7(11)5(3-6)4-10-9;/h1-3,10-11H,4,9H2;1H. The number of rotatable bonds is 2. The molecule has 0 radical (unpaired) electrons. The summed E-state index contributed by atoms with van der Waals surface area (Å²) in [6.07, 6.45) is 0. The number of aromatic hydroxyl groups is 1. The van der Waals surface area contributed by atoms with E-state index in [0.29, 0.717) is 17.1 Å². The zero-order valence-corrected chi connectivity index (χ0v) is 7.82. The predicted octanol–water partition coefficient (Wildman–Crippen LogP) is 1.43. The van der Waals surface area contributed by atoms with E-state index < -0.39 is 0 Å². The molecule has 0 unspecified atom stereocenters. The van der Waals surface area contributed by atoms with Crippen LogP contribution in [0.1, 0.15) is 5.56 Å². The minimum Gasteiger partial charge on any atom is -0.508 e. The van der Waals surface area contributed by atoms with Gasteiger partial charge in [-0.3, -0.25) is 11.3 Å². The molecule has 1 rings (SSSR count). The zero-order valence-electron chi connectivity index (χ0n) is 6.25. The molecule has 1 aromatic carbocycles. The van der Waals surface area contributed by atoms with Gasteiger partial charge in [0.1, 0.15) is 5.75 Å². The first kappa shape index (κ1) is 11.5. The molecule has 4 N–H and O–H groups in total. The predicted molar refractivity (Wildman–Crippen MR) is 51.4 cm³/mol. The number of hydrazine groups is 1. The Labute approximate surface area is 81.9 Å². The topological polar surface area (TPSA) is 58.3 Å². The molecule has 0 aliphatic heterocycles. The number of phenolic OH excluding ortho intramolecular Hbond substituents is 1. The third-order valence-corrected chi connectivity index (χ3v) is 1.57. The van der Waals surface area contributed by atoms with Gasteiger partial charge in [0.2, 0.25) is 0 Å². The lowest BCUT2D eigenvalue weighted by molar-refractivity contribution is 0.465. The van der Waals surface area contributed by atoms with Crippen molar-refractivity contribution in [2.24, 2.45) is 5.84 Å². The zero-order chi connectivity index (χ0) is 8.27. The molecule has 1 aromatic rings. The van der Waals surface area contributed by atoms with E-state index in [-0.39, 0.29) is 18.2 Å². The molecule has 68 valence electrons. The van der Waals surface area contributed by atoms with Gasteiger partial charge < -0.3 is 5.11 Å². The summed E-state index contributed by atoms with van der Waals surface area (Å²) >= 11 is 5.67. The van der Waals surface area contributed by atoms with Gasteiger partial charge in [-0.2, -0.15) is 0 Å². The maximum Gasteiger partial charge on any atom is 0.120 e. The number of hydrogen-bond acceptors (Lipinski definition) is 3. The van der Waals surface area contributed by atoms with Gasteiger partial charge in [0.15, 0.2) is 0 Å². The third-order valence-electron chi connectivity index (χ3n) is 1.33. The monoisotopic (exact) mass is 208 g/mol. The Bertz CT molecular complexity index is 255. The second kappa shape index (κ2) is 5.22. The largest absolute Gasteiger partial charge is 0.508 e. The smallest absolute Gasteiger partial charge is 0.120 e. The quantitative estimate of drug-likeness (QED) is 0.510. The van der Waals surface area contributed by atoms with Crippen molar-refractivity contribution in [3.05, 3.63) is 28.8 Å². The van der Waals surface area contributed by atoms with Gasteiger partial charge in [0.05, 0.1) is 0 Å². The molecule has 0 amide bonds. The molecule has 3 nitrogen and oxygen atoms in total. The molecule has 0 heterocycles. The fraction of sp³-hybridized carbons (Fsp3) is 0.143. The van der Waals surface area contributed by atoms with E-state index in [1.54, 1.807) is 12.1 Å². The maximum atomic E-state index is 9.21. The van der Waals surface area contributed by atoms with Crippen molar-refractivity contribution in [2.45, 2.75) is 6.54 Å². The first-order chi connectivity index (χ1) is 5.24. The molecule has 0 aliphatic rings. The molecule has 0 aromatic heterocycles. The molecule has 0 aliphatic carbocycles. The number of nitrogens with one attached hydrogen (secondary N) is 1. The Hall–Kier alpha value is -0.480. The van der Waals surface area contributed by atoms with Crippen molar-refractivity contribution in [1.29, 1.82) is 0 Å². The molecule has 0 fully saturated rings. The lowest BCUT2D eigenvalue weighted by atomic mass is 10.2. The minimum atomic E-state index is 0. The average molecular weight is 209 g/mol. The lowest BCUT2D eigenvalue weighted by Crippen LogP contribution is -2.20. The number of hydrogen-bond donors (Lipinski definition) is 3. The van der Waals surface area contributed by atoms with E-state index in [9.17, 15) is 5.11 Å². The van der Waals surface area contributed by atoms with Gasteiger partial charge in [-0.05, 0) is 18.2 Å². The van der Waals surface area contributed by atoms with Gasteiger partial charge in [0, 0.05) is 17.1 Å². The summed E-state index contributed by atoms with van der Waals surface area (Å²) in [6, 6.07) is 4.82. The summed E-state index contributed by atoms with van der Waals surface area (Å²) in [5.74, 6) is 5.28. The van der Waals surface area contributed by atoms with Crippen molar-refractivity contribution in [1.82, 2.24) is 5.43 Å². The maximum absolute atomic E-state index is 9.21. The van der Waals surface area contributed by atoms with Crippen LogP contribution in [0, 0.1) is 0 Å². The van der Waals surface area contributed by atoms with Crippen molar-refractivity contribution in [3.63, 3.8) is 0 Å². The third kappa shape index (κ3) is 2.87. The van der Waals surface area contributed by atoms with Gasteiger partial charge in [0.25, 0.3) is 0 Å². The summed E-state index contributed by atoms with van der Waals surface area (Å²) in [4.78, 5) is 0. The van der Waals surface area contributed by atoms with Crippen LogP contribution in [-0.4, -0.2) is 5.11 Å². The summed E-state index contributed by atoms with van der Waals surface area (Å²) in [5, 5.41) is 9.80. The van der Waals surface area contributed by atoms with Crippen molar-refractivity contribution in [2.75, 3.05) is 0 Å². The second-order valence-electron chi connectivity index (χ2n) is 2.15. The second-order valence-corrected chi connectivity index (χ2v) is 2.59. The molecule has 12 heavy (non-hydrogen) atoms. The molecular formula is C7H10Cl2N2O. The van der Waals surface area contributed by atoms with E-state index in [1.807, 2.05) is 0 Å². The molecule has 0 saturated carbocycles. The first-order valence-corrected chi connectivity index (χ1v) is 3.52. The van der Waals surface area contributed by atoms with E-state index in [4.69, 9.17) is 17.4 Å². The lowest BCUT2D eigenvalue weighted by Gasteiger charge is -2.02. The summed E-state index contributed by atoms with van der Waals surface area (Å²) < 4.78 is 0. The van der Waals surface area contributed by atoms with Crippen LogP contribution in [0.4, 0.5) is 0 Å². The Morgan fingerprint density at radius 1 is 1.50 bits per heavy atom. The summed E-state index contributed by atoms with van der Waals surface area (Å²) in [7, 11) is 0. The number of nitrogens with two attached hydrogens (primary N) is 1. The van der Waals surface area contributed by atoms with Crippen LogP contribution in [0.25, 0.3) is 0 Å². The molecule has 0 spiro atoms. The van der Waals surface area contributed by atoms with Crippen molar-refractivity contribution < 1.29 is 5.11 Å². The summed E-state index contributed by atoms with van der Waals surface area (Å²) in [5.41, 5.74) is 3.13. The van der Waals surface area contributed by atoms with E-state index in [1.165, 1.54) is 6.07 Å². The fourth-order valence-electron chi connectivity index (χ4n) is 0.806. The molecular weight excluding hydrogens is 199 g/mol. The Kier molecular flexibility index (Phi) is 5.01. The number of benzene rings is 1. The molecule has 0 saturated heterocycles. The van der Waals surface area contributed by atoms with Crippen molar-refractivity contribution in [3.8, 4) is 5.75 Å². The van der Waals surface area contributed by atoms with E-state index >= 15 is 0 Å². The van der Waals surface area contributed by atoms with Gasteiger partial charge in [-0.25, -0.2) is 0 Å². The highest BCUT2D eigenvalue weighted by atomic mass is 35.5. The van der Waals surface area contributed by atoms with Crippen LogP contribution in [0.5, 0.6) is 5.75 Å². The van der Waals surface area contributed by atoms with Crippen LogP contribution in [0.15, 0.2) is 18.2 Å².